The third-order valence-corrected chi connectivity index (χ3v) is 1.34. The Hall–Kier alpha value is -0.830. The van der Waals surface area contributed by atoms with Crippen molar-refractivity contribution in [2.24, 2.45) is 0 Å². The van der Waals surface area contributed by atoms with Crippen LogP contribution in [0.1, 0.15) is 20.3 Å². The molecule has 0 aromatic rings. The number of carbonyl (C=O) groups excluding carboxylic acids is 1. The third-order valence-electron chi connectivity index (χ3n) is 1.34. The first-order valence-corrected chi connectivity index (χ1v) is 4.26. The molecule has 0 radical (unpaired) electrons. The van der Waals surface area contributed by atoms with E-state index < -0.39 is 0 Å². The van der Waals surface area contributed by atoms with Crippen molar-refractivity contribution in [2.45, 2.75) is 20.3 Å². The second-order valence-corrected chi connectivity index (χ2v) is 2.50. The summed E-state index contributed by atoms with van der Waals surface area (Å²) in [6, 6.07) is 0. The van der Waals surface area contributed by atoms with Gasteiger partial charge in [-0.05, 0) is 13.3 Å². The zero-order chi connectivity index (χ0) is 9.40. The Bertz CT molecular complexity index is 137. The van der Waals surface area contributed by atoms with E-state index in [4.69, 9.17) is 4.74 Å². The van der Waals surface area contributed by atoms with Gasteiger partial charge in [0.05, 0.1) is 6.61 Å². The molecule has 0 saturated carbocycles. The maximum atomic E-state index is 11.1. The van der Waals surface area contributed by atoms with Crippen LogP contribution in [0.15, 0.2) is 12.2 Å². The van der Waals surface area contributed by atoms with Crippen molar-refractivity contribution in [3.8, 4) is 0 Å². The Labute approximate surface area is 73.8 Å². The number of hydrogen-bond donors (Lipinski definition) is 1. The van der Waals surface area contributed by atoms with Crippen molar-refractivity contribution >= 4 is 5.91 Å². The first-order valence-electron chi connectivity index (χ1n) is 4.26. The summed E-state index contributed by atoms with van der Waals surface area (Å²) in [5.74, 6) is -0.106. The molecule has 0 aromatic heterocycles. The van der Waals surface area contributed by atoms with Crippen molar-refractivity contribution in [1.82, 2.24) is 5.32 Å². The predicted octanol–water partition coefficient (Wildman–Crippen LogP) is 1.11. The molecule has 1 amide bonds. The quantitative estimate of drug-likeness (QED) is 0.608. The van der Waals surface area contributed by atoms with Crippen LogP contribution in [-0.4, -0.2) is 25.7 Å². The lowest BCUT2D eigenvalue weighted by molar-refractivity contribution is -0.118. The van der Waals surface area contributed by atoms with Gasteiger partial charge in [0.2, 0.25) is 5.91 Å². The number of rotatable bonds is 6. The summed E-state index contributed by atoms with van der Waals surface area (Å²) in [7, 11) is 0. The van der Waals surface area contributed by atoms with Gasteiger partial charge >= 0.3 is 0 Å². The van der Waals surface area contributed by atoms with E-state index in [1.54, 1.807) is 0 Å². The van der Waals surface area contributed by atoms with Crippen LogP contribution in [0, 0.1) is 0 Å². The molecule has 12 heavy (non-hydrogen) atoms. The summed E-state index contributed by atoms with van der Waals surface area (Å²) < 4.78 is 5.04. The number of carbonyl (C=O) groups is 1. The van der Waals surface area contributed by atoms with Crippen LogP contribution in [0.5, 0.6) is 0 Å². The smallest absolute Gasteiger partial charge is 0.248 e. The monoisotopic (exact) mass is 171 g/mol. The summed E-state index contributed by atoms with van der Waals surface area (Å²) in [5.41, 5.74) is 0.491. The van der Waals surface area contributed by atoms with Crippen molar-refractivity contribution in [2.75, 3.05) is 19.8 Å². The van der Waals surface area contributed by atoms with Crippen molar-refractivity contribution in [3.05, 3.63) is 12.2 Å². The Morgan fingerprint density at radius 3 is 2.67 bits per heavy atom. The van der Waals surface area contributed by atoms with Crippen LogP contribution in [-0.2, 0) is 9.53 Å². The van der Waals surface area contributed by atoms with Crippen LogP contribution in [0.25, 0.3) is 0 Å². The van der Waals surface area contributed by atoms with Crippen LogP contribution in [0.4, 0.5) is 0 Å². The molecule has 0 aliphatic carbocycles. The molecule has 1 N–H and O–H groups in total. The van der Waals surface area contributed by atoms with Gasteiger partial charge in [-0.3, -0.25) is 4.79 Å². The Morgan fingerprint density at radius 2 is 2.17 bits per heavy atom. The largest absolute Gasteiger partial charge is 0.377 e. The van der Waals surface area contributed by atoms with Gasteiger partial charge in [-0.1, -0.05) is 13.5 Å². The first kappa shape index (κ1) is 11.2. The molecule has 0 spiro atoms. The van der Waals surface area contributed by atoms with Gasteiger partial charge in [0.1, 0.15) is 0 Å². The predicted molar refractivity (Wildman–Crippen MR) is 48.9 cm³/mol. The lowest BCUT2D eigenvalue weighted by Gasteiger charge is -2.05. The number of amides is 1. The third kappa shape index (κ3) is 4.91. The highest BCUT2D eigenvalue weighted by molar-refractivity contribution is 5.92. The number of hydrogen-bond acceptors (Lipinski definition) is 2. The van der Waals surface area contributed by atoms with Gasteiger partial charge in [0, 0.05) is 18.7 Å². The van der Waals surface area contributed by atoms with Crippen molar-refractivity contribution in [1.29, 1.82) is 0 Å². The van der Waals surface area contributed by atoms with E-state index in [2.05, 4.69) is 11.9 Å². The fourth-order valence-electron chi connectivity index (χ4n) is 0.654. The summed E-state index contributed by atoms with van der Waals surface area (Å²) in [5, 5.41) is 2.72. The van der Waals surface area contributed by atoms with Crippen LogP contribution >= 0.6 is 0 Å². The Balaban J connectivity index is 3.55. The van der Waals surface area contributed by atoms with Gasteiger partial charge in [-0.2, -0.15) is 0 Å². The van der Waals surface area contributed by atoms with E-state index in [0.29, 0.717) is 25.3 Å². The molecule has 0 unspecified atom stereocenters. The molecule has 0 heterocycles. The molecule has 0 rings (SSSR count). The highest BCUT2D eigenvalue weighted by Crippen LogP contribution is 1.91. The molecule has 70 valence electrons. The first-order chi connectivity index (χ1) is 5.72. The standard InChI is InChI=1S/C9H17NO2/c1-4-6-10-9(11)8(3)7-12-5-2/h3-7H2,1-2H3,(H,10,11). The van der Waals surface area contributed by atoms with Crippen molar-refractivity contribution < 1.29 is 9.53 Å². The highest BCUT2D eigenvalue weighted by atomic mass is 16.5. The van der Waals surface area contributed by atoms with Gasteiger partial charge in [-0.25, -0.2) is 0 Å². The van der Waals surface area contributed by atoms with Crippen LogP contribution in [0.2, 0.25) is 0 Å². The van der Waals surface area contributed by atoms with Crippen molar-refractivity contribution in [3.63, 3.8) is 0 Å². The topological polar surface area (TPSA) is 38.3 Å². The highest BCUT2D eigenvalue weighted by Gasteiger charge is 2.04. The van der Waals surface area contributed by atoms with Gasteiger partial charge in [0.25, 0.3) is 0 Å². The van der Waals surface area contributed by atoms with E-state index in [-0.39, 0.29) is 5.91 Å². The van der Waals surface area contributed by atoms with E-state index in [0.717, 1.165) is 6.42 Å². The molecule has 0 saturated heterocycles. The number of nitrogens with one attached hydrogen (secondary N) is 1. The lowest BCUT2D eigenvalue weighted by Crippen LogP contribution is -2.26. The maximum absolute atomic E-state index is 11.1. The van der Waals surface area contributed by atoms with E-state index in [1.165, 1.54) is 0 Å². The average Bonchev–Trinajstić information content (AvgIpc) is 2.10. The van der Waals surface area contributed by atoms with Gasteiger partial charge in [0.15, 0.2) is 0 Å². The maximum Gasteiger partial charge on any atom is 0.248 e. The molecule has 3 nitrogen and oxygen atoms in total. The Morgan fingerprint density at radius 1 is 1.50 bits per heavy atom. The summed E-state index contributed by atoms with van der Waals surface area (Å²) in [4.78, 5) is 11.1. The molecule has 0 bridgehead atoms. The normalized spacial score (nSPS) is 9.50. The number of ether oxygens (including phenoxy) is 1. The average molecular weight is 171 g/mol. The molecular weight excluding hydrogens is 154 g/mol. The molecular formula is C9H17NO2. The fourth-order valence-corrected chi connectivity index (χ4v) is 0.654. The van der Waals surface area contributed by atoms with E-state index >= 15 is 0 Å². The summed E-state index contributed by atoms with van der Waals surface area (Å²) >= 11 is 0. The minimum absolute atomic E-state index is 0.106. The van der Waals surface area contributed by atoms with Gasteiger partial charge in [-0.15, -0.1) is 0 Å². The SMILES string of the molecule is C=C(COCC)C(=O)NCCC. The van der Waals surface area contributed by atoms with Crippen LogP contribution in [0.3, 0.4) is 0 Å². The van der Waals surface area contributed by atoms with E-state index in [1.807, 2.05) is 13.8 Å². The van der Waals surface area contributed by atoms with E-state index in [9.17, 15) is 4.79 Å². The van der Waals surface area contributed by atoms with Crippen LogP contribution < -0.4 is 5.32 Å². The zero-order valence-corrected chi connectivity index (χ0v) is 7.85. The summed E-state index contributed by atoms with van der Waals surface area (Å²) in [6.45, 7) is 9.13. The molecule has 3 heteroatoms. The summed E-state index contributed by atoms with van der Waals surface area (Å²) in [6.07, 6.45) is 0.938. The van der Waals surface area contributed by atoms with Gasteiger partial charge < -0.3 is 10.1 Å². The minimum atomic E-state index is -0.106. The fraction of sp³-hybridized carbons (Fsp3) is 0.667. The zero-order valence-electron chi connectivity index (χ0n) is 7.85. The molecule has 0 aliphatic rings. The second-order valence-electron chi connectivity index (χ2n) is 2.50. The minimum Gasteiger partial charge on any atom is -0.377 e. The second kappa shape index (κ2) is 6.85. The molecule has 0 aromatic carbocycles. The molecule has 0 aliphatic heterocycles. The molecule has 0 fully saturated rings. The molecule has 0 atom stereocenters. The Kier molecular flexibility index (Phi) is 6.38. The lowest BCUT2D eigenvalue weighted by atomic mass is 10.3.